The van der Waals surface area contributed by atoms with Crippen molar-refractivity contribution in [1.29, 1.82) is 5.26 Å². The van der Waals surface area contributed by atoms with Gasteiger partial charge in [0.1, 0.15) is 5.82 Å². The molecule has 1 aliphatic heterocycles. The Hall–Kier alpha value is -2.98. The van der Waals surface area contributed by atoms with Gasteiger partial charge >= 0.3 is 0 Å². The molecule has 0 saturated carbocycles. The van der Waals surface area contributed by atoms with Gasteiger partial charge in [0, 0.05) is 31.4 Å². The van der Waals surface area contributed by atoms with Crippen LogP contribution in [0.15, 0.2) is 43.0 Å². The van der Waals surface area contributed by atoms with E-state index in [-0.39, 0.29) is 0 Å². The Labute approximate surface area is 165 Å². The predicted octanol–water partition coefficient (Wildman–Crippen LogP) is 2.79. The zero-order valence-corrected chi connectivity index (χ0v) is 16.2. The number of benzene rings is 1. The van der Waals surface area contributed by atoms with E-state index in [1.54, 1.807) is 6.20 Å². The summed E-state index contributed by atoms with van der Waals surface area (Å²) < 4.78 is 4.29. The summed E-state index contributed by atoms with van der Waals surface area (Å²) in [6.45, 7) is 6.71. The molecule has 7 nitrogen and oxygen atoms in total. The number of rotatable bonds is 6. The van der Waals surface area contributed by atoms with E-state index in [4.69, 9.17) is 5.26 Å². The van der Waals surface area contributed by atoms with Crippen LogP contribution in [0.3, 0.4) is 0 Å². The second-order valence-corrected chi connectivity index (χ2v) is 7.32. The zero-order chi connectivity index (χ0) is 19.3. The predicted molar refractivity (Wildman–Crippen MR) is 105 cm³/mol. The third-order valence-corrected chi connectivity index (χ3v) is 5.47. The topological polar surface area (TPSA) is 75.6 Å². The van der Waals surface area contributed by atoms with E-state index in [0.29, 0.717) is 12.5 Å². The highest BCUT2D eigenvalue weighted by atomic mass is 15.3. The number of imidazole rings is 1. The van der Waals surface area contributed by atoms with E-state index in [0.717, 1.165) is 56.2 Å². The van der Waals surface area contributed by atoms with E-state index < -0.39 is 0 Å². The number of aromatic nitrogens is 5. The lowest BCUT2D eigenvalue weighted by atomic mass is 9.95. The van der Waals surface area contributed by atoms with E-state index in [2.05, 4.69) is 43.7 Å². The van der Waals surface area contributed by atoms with Gasteiger partial charge in [0.25, 0.3) is 0 Å². The molecule has 3 heterocycles. The van der Waals surface area contributed by atoms with Crippen molar-refractivity contribution in [2.75, 3.05) is 13.1 Å². The van der Waals surface area contributed by atoms with Gasteiger partial charge in [-0.05, 0) is 50.6 Å². The van der Waals surface area contributed by atoms with Crippen molar-refractivity contribution < 1.29 is 0 Å². The molecule has 0 bridgehead atoms. The van der Waals surface area contributed by atoms with Crippen LogP contribution in [0, 0.1) is 11.3 Å². The molecular weight excluding hydrogens is 350 g/mol. The normalized spacial score (nSPS) is 15.6. The Morgan fingerprint density at radius 1 is 1.18 bits per heavy atom. The van der Waals surface area contributed by atoms with E-state index in [1.807, 2.05) is 35.3 Å². The molecule has 0 spiro atoms. The summed E-state index contributed by atoms with van der Waals surface area (Å²) >= 11 is 0. The molecule has 0 atom stereocenters. The highest BCUT2D eigenvalue weighted by Gasteiger charge is 2.26. The first kappa shape index (κ1) is 18.4. The van der Waals surface area contributed by atoms with Crippen LogP contribution in [-0.4, -0.2) is 42.3 Å². The Morgan fingerprint density at radius 3 is 2.75 bits per heavy atom. The number of piperidine rings is 1. The minimum atomic E-state index is 0.450. The van der Waals surface area contributed by atoms with E-state index in [9.17, 15) is 0 Å². The lowest BCUT2D eigenvalue weighted by Gasteiger charge is -2.31. The number of likely N-dealkylation sites (tertiary alicyclic amines) is 1. The van der Waals surface area contributed by atoms with Crippen LogP contribution in [0.5, 0.6) is 0 Å². The monoisotopic (exact) mass is 375 g/mol. The molecule has 1 fully saturated rings. The smallest absolute Gasteiger partial charge is 0.153 e. The van der Waals surface area contributed by atoms with Crippen LogP contribution < -0.4 is 0 Å². The van der Waals surface area contributed by atoms with Crippen molar-refractivity contribution in [1.82, 2.24) is 29.2 Å². The average molecular weight is 375 g/mol. The second kappa shape index (κ2) is 8.36. The summed E-state index contributed by atoms with van der Waals surface area (Å²) in [4.78, 5) is 6.57. The highest BCUT2D eigenvalue weighted by molar-refractivity contribution is 5.32. The molecule has 1 aliphatic rings. The zero-order valence-electron chi connectivity index (χ0n) is 16.2. The lowest BCUT2D eigenvalue weighted by Crippen LogP contribution is -2.33. The van der Waals surface area contributed by atoms with Crippen molar-refractivity contribution in [2.45, 2.75) is 45.3 Å². The van der Waals surface area contributed by atoms with E-state index in [1.165, 1.54) is 5.56 Å². The molecule has 0 unspecified atom stereocenters. The summed E-state index contributed by atoms with van der Waals surface area (Å²) in [6.07, 6.45) is 7.72. The molecular formula is C21H25N7. The van der Waals surface area contributed by atoms with Gasteiger partial charge in [0.15, 0.2) is 5.82 Å². The molecule has 28 heavy (non-hydrogen) atoms. The average Bonchev–Trinajstić information content (AvgIpc) is 3.39. The summed E-state index contributed by atoms with van der Waals surface area (Å²) in [5.74, 6) is 2.56. The Balaban J connectivity index is 1.39. The van der Waals surface area contributed by atoms with Crippen molar-refractivity contribution in [3.8, 4) is 6.07 Å². The van der Waals surface area contributed by atoms with Gasteiger partial charge in [-0.25, -0.2) is 4.98 Å². The molecule has 1 aromatic carbocycles. The Bertz CT molecular complexity index is 944. The van der Waals surface area contributed by atoms with Gasteiger partial charge in [0.05, 0.1) is 24.5 Å². The van der Waals surface area contributed by atoms with Gasteiger partial charge in [-0.1, -0.05) is 12.1 Å². The summed E-state index contributed by atoms with van der Waals surface area (Å²) in [5, 5.41) is 18.1. The van der Waals surface area contributed by atoms with Gasteiger partial charge in [-0.15, -0.1) is 10.2 Å². The fourth-order valence-corrected chi connectivity index (χ4v) is 4.00. The summed E-state index contributed by atoms with van der Waals surface area (Å²) in [5.41, 5.74) is 1.94. The molecule has 0 radical (unpaired) electrons. The van der Waals surface area contributed by atoms with Crippen molar-refractivity contribution in [3.63, 3.8) is 0 Å². The first-order valence-corrected chi connectivity index (χ1v) is 9.86. The van der Waals surface area contributed by atoms with E-state index >= 15 is 0 Å². The first-order valence-electron chi connectivity index (χ1n) is 9.86. The molecule has 0 aliphatic carbocycles. The lowest BCUT2D eigenvalue weighted by molar-refractivity contribution is 0.200. The van der Waals surface area contributed by atoms with Gasteiger partial charge in [-0.2, -0.15) is 5.26 Å². The fraction of sp³-hybridized carbons (Fsp3) is 0.429. The van der Waals surface area contributed by atoms with Crippen LogP contribution in [0.1, 0.15) is 48.5 Å². The van der Waals surface area contributed by atoms with Crippen LogP contribution >= 0.6 is 0 Å². The van der Waals surface area contributed by atoms with Gasteiger partial charge in [0.2, 0.25) is 0 Å². The van der Waals surface area contributed by atoms with Gasteiger partial charge in [-0.3, -0.25) is 4.90 Å². The quantitative estimate of drug-likeness (QED) is 0.662. The van der Waals surface area contributed by atoms with Crippen molar-refractivity contribution >= 4 is 0 Å². The van der Waals surface area contributed by atoms with Gasteiger partial charge < -0.3 is 9.13 Å². The maximum atomic E-state index is 9.08. The maximum absolute atomic E-state index is 9.08. The molecule has 2 aromatic heterocycles. The van der Waals surface area contributed by atoms with Crippen molar-refractivity contribution in [3.05, 3.63) is 65.8 Å². The minimum absolute atomic E-state index is 0.450. The molecule has 3 aromatic rings. The molecule has 1 saturated heterocycles. The number of hydrogen-bond acceptors (Lipinski definition) is 5. The molecule has 4 rings (SSSR count). The third-order valence-electron chi connectivity index (χ3n) is 5.47. The third kappa shape index (κ3) is 3.97. The molecule has 7 heteroatoms. The Morgan fingerprint density at radius 2 is 2.04 bits per heavy atom. The van der Waals surface area contributed by atoms with Crippen molar-refractivity contribution in [2.24, 2.45) is 0 Å². The maximum Gasteiger partial charge on any atom is 0.153 e. The molecule has 0 amide bonds. The SMILES string of the molecule is CCn1c(Cn2ccnc2)nnc1C1CCN(Cc2cccc(C#N)c2)CC1. The van der Waals surface area contributed by atoms with Crippen LogP contribution in [-0.2, 0) is 19.6 Å². The first-order chi connectivity index (χ1) is 13.8. The van der Waals surface area contributed by atoms with Crippen LogP contribution in [0.25, 0.3) is 0 Å². The molecule has 0 N–H and O–H groups in total. The highest BCUT2D eigenvalue weighted by Crippen LogP contribution is 2.28. The number of nitriles is 1. The number of hydrogen-bond donors (Lipinski definition) is 0. The summed E-state index contributed by atoms with van der Waals surface area (Å²) in [7, 11) is 0. The van der Waals surface area contributed by atoms with Crippen LogP contribution in [0.2, 0.25) is 0 Å². The summed E-state index contributed by atoms with van der Waals surface area (Å²) in [6, 6.07) is 10.1. The fourth-order valence-electron chi connectivity index (χ4n) is 4.00. The molecule has 144 valence electrons. The van der Waals surface area contributed by atoms with Crippen LogP contribution in [0.4, 0.5) is 0 Å². The standard InChI is InChI=1S/C21H25N7/c1-2-28-20(15-27-11-8-23-16-27)24-25-21(28)19-6-9-26(10-7-19)14-18-5-3-4-17(12-18)13-22/h3-5,8,11-12,16,19H,2,6-7,9-10,14-15H2,1H3. The minimum Gasteiger partial charge on any atom is -0.330 e. The second-order valence-electron chi connectivity index (χ2n) is 7.32. The Kier molecular flexibility index (Phi) is 5.49. The number of nitrogens with zero attached hydrogens (tertiary/aromatic N) is 7. The largest absolute Gasteiger partial charge is 0.330 e.